The van der Waals surface area contributed by atoms with Gasteiger partial charge in [-0.05, 0) is 30.7 Å². The average Bonchev–Trinajstić information content (AvgIpc) is 2.33. The van der Waals surface area contributed by atoms with Crippen LogP contribution in [-0.2, 0) is 6.18 Å². The normalized spacial score (nSPS) is 13.6. The third-order valence-electron chi connectivity index (χ3n) is 2.64. The highest BCUT2D eigenvalue weighted by Crippen LogP contribution is 2.30. The smallest absolute Gasteiger partial charge is 0.387 e. The van der Waals surface area contributed by atoms with Gasteiger partial charge in [-0.1, -0.05) is 25.5 Å². The molecular formula is C13H18F3NO. The van der Waals surface area contributed by atoms with Crippen LogP contribution in [0.15, 0.2) is 24.3 Å². The van der Waals surface area contributed by atoms with E-state index in [1.165, 1.54) is 12.1 Å². The van der Waals surface area contributed by atoms with Crippen LogP contribution in [0.5, 0.6) is 0 Å². The molecule has 0 aromatic heterocycles. The van der Waals surface area contributed by atoms with Gasteiger partial charge in [-0.15, -0.1) is 0 Å². The first kappa shape index (κ1) is 15.0. The lowest BCUT2D eigenvalue weighted by Crippen LogP contribution is -2.22. The molecule has 18 heavy (non-hydrogen) atoms. The quantitative estimate of drug-likeness (QED) is 0.771. The minimum absolute atomic E-state index is 0.265. The Bertz CT molecular complexity index is 365. The summed E-state index contributed by atoms with van der Waals surface area (Å²) in [6.45, 7) is 3.07. The van der Waals surface area contributed by atoms with Gasteiger partial charge in [-0.25, -0.2) is 0 Å². The van der Waals surface area contributed by atoms with Gasteiger partial charge in [-0.2, -0.15) is 13.2 Å². The topological polar surface area (TPSA) is 32.3 Å². The maximum Gasteiger partial charge on any atom is 0.416 e. The van der Waals surface area contributed by atoms with Crippen molar-refractivity contribution in [1.82, 2.24) is 5.32 Å². The predicted molar refractivity (Wildman–Crippen MR) is 64.2 cm³/mol. The molecular weight excluding hydrogens is 243 g/mol. The number of halogens is 3. The van der Waals surface area contributed by atoms with Gasteiger partial charge < -0.3 is 10.4 Å². The fourth-order valence-electron chi connectivity index (χ4n) is 1.58. The van der Waals surface area contributed by atoms with Crippen LogP contribution < -0.4 is 5.32 Å². The van der Waals surface area contributed by atoms with Gasteiger partial charge in [0.05, 0.1) is 11.7 Å². The maximum atomic E-state index is 12.5. The van der Waals surface area contributed by atoms with Gasteiger partial charge in [0.25, 0.3) is 0 Å². The third-order valence-corrected chi connectivity index (χ3v) is 2.64. The van der Waals surface area contributed by atoms with E-state index in [4.69, 9.17) is 0 Å². The largest absolute Gasteiger partial charge is 0.416 e. The highest BCUT2D eigenvalue weighted by atomic mass is 19.4. The van der Waals surface area contributed by atoms with Crippen molar-refractivity contribution in [2.45, 2.75) is 32.0 Å². The van der Waals surface area contributed by atoms with Gasteiger partial charge >= 0.3 is 6.18 Å². The van der Waals surface area contributed by atoms with Crippen LogP contribution in [0.25, 0.3) is 0 Å². The van der Waals surface area contributed by atoms with Crippen molar-refractivity contribution < 1.29 is 18.3 Å². The van der Waals surface area contributed by atoms with Crippen LogP contribution in [0.3, 0.4) is 0 Å². The number of alkyl halides is 3. The Morgan fingerprint density at radius 1 is 1.33 bits per heavy atom. The van der Waals surface area contributed by atoms with E-state index in [2.05, 4.69) is 5.32 Å². The molecule has 1 unspecified atom stereocenters. The molecule has 2 N–H and O–H groups in total. The van der Waals surface area contributed by atoms with Crippen molar-refractivity contribution >= 4 is 0 Å². The first-order valence-electron chi connectivity index (χ1n) is 6.01. The molecule has 0 saturated heterocycles. The van der Waals surface area contributed by atoms with Crippen molar-refractivity contribution in [1.29, 1.82) is 0 Å². The molecule has 1 aromatic rings. The number of nitrogens with one attached hydrogen (secondary N) is 1. The first-order chi connectivity index (χ1) is 8.45. The van der Waals surface area contributed by atoms with Crippen LogP contribution in [0.4, 0.5) is 13.2 Å². The minimum Gasteiger partial charge on any atom is -0.387 e. The number of rotatable bonds is 6. The average molecular weight is 261 g/mol. The van der Waals surface area contributed by atoms with Crippen molar-refractivity contribution in [3.63, 3.8) is 0 Å². The number of hydrogen-bond acceptors (Lipinski definition) is 2. The fourth-order valence-corrected chi connectivity index (χ4v) is 1.58. The number of benzene rings is 1. The van der Waals surface area contributed by atoms with E-state index in [0.29, 0.717) is 0 Å². The highest BCUT2D eigenvalue weighted by molar-refractivity contribution is 5.27. The van der Waals surface area contributed by atoms with Crippen LogP contribution >= 0.6 is 0 Å². The van der Waals surface area contributed by atoms with E-state index < -0.39 is 17.8 Å². The molecule has 0 amide bonds. The summed E-state index contributed by atoms with van der Waals surface area (Å²) in [7, 11) is 0. The minimum atomic E-state index is -4.37. The van der Waals surface area contributed by atoms with Crippen molar-refractivity contribution in [3.8, 4) is 0 Å². The van der Waals surface area contributed by atoms with Gasteiger partial charge in [0, 0.05) is 6.54 Å². The lowest BCUT2D eigenvalue weighted by Gasteiger charge is -2.14. The summed E-state index contributed by atoms with van der Waals surface area (Å²) in [6.07, 6.45) is -3.27. The summed E-state index contributed by atoms with van der Waals surface area (Å²) < 4.78 is 37.5. The standard InChI is InChI=1S/C13H18F3NO/c1-2-3-7-17-9-12(18)10-5-4-6-11(8-10)13(14,15)16/h4-6,8,12,17-18H,2-3,7,9H2,1H3. The number of unbranched alkanes of at least 4 members (excludes halogenated alkanes) is 1. The zero-order chi connectivity index (χ0) is 13.6. The molecule has 5 heteroatoms. The van der Waals surface area contributed by atoms with Crippen LogP contribution in [0.1, 0.15) is 37.0 Å². The summed E-state index contributed by atoms with van der Waals surface area (Å²) in [4.78, 5) is 0. The molecule has 0 bridgehead atoms. The molecule has 102 valence electrons. The van der Waals surface area contributed by atoms with Crippen LogP contribution in [0.2, 0.25) is 0 Å². The zero-order valence-electron chi connectivity index (χ0n) is 10.3. The number of hydrogen-bond donors (Lipinski definition) is 2. The Hall–Kier alpha value is -1.07. The van der Waals surface area contributed by atoms with E-state index in [1.807, 2.05) is 6.92 Å². The summed E-state index contributed by atoms with van der Waals surface area (Å²) in [5.41, 5.74) is -0.443. The summed E-state index contributed by atoms with van der Waals surface area (Å²) in [5, 5.41) is 12.8. The SMILES string of the molecule is CCCCNCC(O)c1cccc(C(F)(F)F)c1. The molecule has 0 fully saturated rings. The monoisotopic (exact) mass is 261 g/mol. The van der Waals surface area contributed by atoms with Crippen molar-refractivity contribution in [2.24, 2.45) is 0 Å². The van der Waals surface area contributed by atoms with E-state index in [-0.39, 0.29) is 12.1 Å². The fraction of sp³-hybridized carbons (Fsp3) is 0.538. The van der Waals surface area contributed by atoms with E-state index in [9.17, 15) is 18.3 Å². The molecule has 0 aliphatic rings. The van der Waals surface area contributed by atoms with Crippen molar-refractivity contribution in [2.75, 3.05) is 13.1 Å². The van der Waals surface area contributed by atoms with E-state index in [1.54, 1.807) is 0 Å². The molecule has 1 rings (SSSR count). The van der Waals surface area contributed by atoms with Gasteiger partial charge in [-0.3, -0.25) is 0 Å². The van der Waals surface area contributed by atoms with Gasteiger partial charge in [0.15, 0.2) is 0 Å². The molecule has 1 aromatic carbocycles. The van der Waals surface area contributed by atoms with Crippen molar-refractivity contribution in [3.05, 3.63) is 35.4 Å². The summed E-state index contributed by atoms with van der Waals surface area (Å²) in [5.74, 6) is 0. The molecule has 2 nitrogen and oxygen atoms in total. The molecule has 0 radical (unpaired) electrons. The molecule has 0 heterocycles. The molecule has 1 atom stereocenters. The maximum absolute atomic E-state index is 12.5. The van der Waals surface area contributed by atoms with Gasteiger partial charge in [0.2, 0.25) is 0 Å². The predicted octanol–water partition coefficient (Wildman–Crippen LogP) is 3.13. The summed E-state index contributed by atoms with van der Waals surface area (Å²) in [6, 6.07) is 4.81. The Kier molecular flexibility index (Phi) is 5.62. The molecule has 0 aliphatic heterocycles. The highest BCUT2D eigenvalue weighted by Gasteiger charge is 2.30. The van der Waals surface area contributed by atoms with Crippen LogP contribution in [-0.4, -0.2) is 18.2 Å². The lowest BCUT2D eigenvalue weighted by molar-refractivity contribution is -0.137. The van der Waals surface area contributed by atoms with E-state index in [0.717, 1.165) is 31.5 Å². The molecule has 0 spiro atoms. The van der Waals surface area contributed by atoms with Gasteiger partial charge in [0.1, 0.15) is 0 Å². The van der Waals surface area contributed by atoms with E-state index >= 15 is 0 Å². The Morgan fingerprint density at radius 3 is 2.67 bits per heavy atom. The van der Waals surface area contributed by atoms with Crippen LogP contribution in [0, 0.1) is 0 Å². The summed E-state index contributed by atoms with van der Waals surface area (Å²) >= 11 is 0. The second kappa shape index (κ2) is 6.75. The number of aliphatic hydroxyl groups is 1. The lowest BCUT2D eigenvalue weighted by atomic mass is 10.1. The third kappa shape index (κ3) is 4.66. The zero-order valence-corrected chi connectivity index (χ0v) is 10.3. The second-order valence-electron chi connectivity index (χ2n) is 4.20. The molecule has 0 saturated carbocycles. The first-order valence-corrected chi connectivity index (χ1v) is 6.01. The Balaban J connectivity index is 2.60. The number of aliphatic hydroxyl groups excluding tert-OH is 1. The Labute approximate surface area is 105 Å². The molecule has 0 aliphatic carbocycles. The second-order valence-corrected chi connectivity index (χ2v) is 4.20. The Morgan fingerprint density at radius 2 is 2.06 bits per heavy atom.